The summed E-state index contributed by atoms with van der Waals surface area (Å²) in [5, 5.41) is 6.24. The highest BCUT2D eigenvalue weighted by atomic mass is 16.3. The SMILES string of the molecule is NCCCNCc1ccc(-c2cn3c(=O)cc(Cc4cccc(N=O)c4)[nH]c3nc2=O)cc1. The first-order chi connectivity index (χ1) is 16.1. The fourth-order valence-electron chi connectivity index (χ4n) is 3.61. The molecule has 0 saturated carbocycles. The summed E-state index contributed by atoms with van der Waals surface area (Å²) in [6, 6.07) is 15.8. The molecule has 4 aromatic rings. The van der Waals surface area contributed by atoms with Crippen molar-refractivity contribution in [3.05, 3.63) is 103 Å². The molecule has 0 aliphatic carbocycles. The number of nitrogens with one attached hydrogen (secondary N) is 2. The van der Waals surface area contributed by atoms with E-state index < -0.39 is 5.56 Å². The number of aromatic nitrogens is 3. The Labute approximate surface area is 189 Å². The molecule has 9 heteroatoms. The number of rotatable bonds is 9. The van der Waals surface area contributed by atoms with E-state index in [0.29, 0.717) is 42.0 Å². The molecule has 0 atom stereocenters. The van der Waals surface area contributed by atoms with Gasteiger partial charge in [0.1, 0.15) is 5.69 Å². The van der Waals surface area contributed by atoms with Gasteiger partial charge in [0.05, 0.1) is 5.56 Å². The van der Waals surface area contributed by atoms with Gasteiger partial charge in [-0.1, -0.05) is 36.4 Å². The van der Waals surface area contributed by atoms with E-state index >= 15 is 0 Å². The molecule has 0 fully saturated rings. The highest BCUT2D eigenvalue weighted by molar-refractivity contribution is 5.62. The van der Waals surface area contributed by atoms with Crippen LogP contribution in [0.2, 0.25) is 0 Å². The Morgan fingerprint density at radius 2 is 1.88 bits per heavy atom. The van der Waals surface area contributed by atoms with Crippen LogP contribution in [0.15, 0.2) is 75.6 Å². The van der Waals surface area contributed by atoms with E-state index in [1.807, 2.05) is 30.3 Å². The maximum absolute atomic E-state index is 12.7. The number of aromatic amines is 1. The van der Waals surface area contributed by atoms with Crippen LogP contribution < -0.4 is 22.2 Å². The summed E-state index contributed by atoms with van der Waals surface area (Å²) in [7, 11) is 0. The molecule has 0 unspecified atom stereocenters. The molecule has 0 aliphatic rings. The van der Waals surface area contributed by atoms with Crippen LogP contribution in [0.5, 0.6) is 0 Å². The average Bonchev–Trinajstić information content (AvgIpc) is 2.82. The fraction of sp³-hybridized carbons (Fsp3) is 0.208. The number of nitrogens with two attached hydrogens (primary N) is 1. The second kappa shape index (κ2) is 10.1. The van der Waals surface area contributed by atoms with E-state index in [9.17, 15) is 14.5 Å². The van der Waals surface area contributed by atoms with E-state index in [1.54, 1.807) is 18.2 Å². The van der Waals surface area contributed by atoms with Gasteiger partial charge in [-0.2, -0.15) is 4.98 Å². The van der Waals surface area contributed by atoms with Gasteiger partial charge in [-0.25, -0.2) is 0 Å². The molecule has 0 amide bonds. The van der Waals surface area contributed by atoms with Gasteiger partial charge < -0.3 is 16.0 Å². The van der Waals surface area contributed by atoms with Gasteiger partial charge in [-0.05, 0) is 53.5 Å². The summed E-state index contributed by atoms with van der Waals surface area (Å²) >= 11 is 0. The molecule has 9 nitrogen and oxygen atoms in total. The zero-order valence-corrected chi connectivity index (χ0v) is 18.0. The average molecular weight is 444 g/mol. The molecule has 0 radical (unpaired) electrons. The number of H-pyrrole nitrogens is 1. The Morgan fingerprint density at radius 3 is 2.64 bits per heavy atom. The Balaban J connectivity index is 1.60. The molecule has 2 heterocycles. The second-order valence-corrected chi connectivity index (χ2v) is 7.74. The highest BCUT2D eigenvalue weighted by Crippen LogP contribution is 2.17. The van der Waals surface area contributed by atoms with Crippen LogP contribution in [0.4, 0.5) is 5.69 Å². The minimum atomic E-state index is -0.427. The van der Waals surface area contributed by atoms with Crippen molar-refractivity contribution in [3.8, 4) is 11.1 Å². The summed E-state index contributed by atoms with van der Waals surface area (Å²) in [6.07, 6.45) is 2.79. The quantitative estimate of drug-likeness (QED) is 0.268. The Bertz CT molecular complexity index is 1390. The van der Waals surface area contributed by atoms with Gasteiger partial charge in [0.15, 0.2) is 0 Å². The van der Waals surface area contributed by atoms with Crippen molar-refractivity contribution >= 4 is 11.5 Å². The normalized spacial score (nSPS) is 11.1. The van der Waals surface area contributed by atoms with Gasteiger partial charge in [0.2, 0.25) is 5.78 Å². The van der Waals surface area contributed by atoms with Crippen LogP contribution in [0.25, 0.3) is 16.9 Å². The maximum atomic E-state index is 12.7. The van der Waals surface area contributed by atoms with Crippen LogP contribution in [-0.2, 0) is 13.0 Å². The molecule has 2 aromatic carbocycles. The maximum Gasteiger partial charge on any atom is 0.282 e. The van der Waals surface area contributed by atoms with Crippen molar-refractivity contribution in [2.45, 2.75) is 19.4 Å². The zero-order chi connectivity index (χ0) is 23.2. The third-order valence-corrected chi connectivity index (χ3v) is 5.29. The van der Waals surface area contributed by atoms with Crippen molar-refractivity contribution in [1.82, 2.24) is 19.7 Å². The molecule has 2 aromatic heterocycles. The molecule has 4 rings (SSSR count). The second-order valence-electron chi connectivity index (χ2n) is 7.74. The van der Waals surface area contributed by atoms with Crippen LogP contribution in [-0.4, -0.2) is 27.5 Å². The van der Waals surface area contributed by atoms with Crippen molar-refractivity contribution in [2.75, 3.05) is 13.1 Å². The van der Waals surface area contributed by atoms with Crippen molar-refractivity contribution in [2.24, 2.45) is 10.9 Å². The largest absolute Gasteiger partial charge is 0.330 e. The fourth-order valence-corrected chi connectivity index (χ4v) is 3.61. The van der Waals surface area contributed by atoms with Crippen LogP contribution in [0, 0.1) is 4.91 Å². The summed E-state index contributed by atoms with van der Waals surface area (Å²) < 4.78 is 1.33. The van der Waals surface area contributed by atoms with Crippen LogP contribution in [0.1, 0.15) is 23.2 Å². The van der Waals surface area contributed by atoms with E-state index in [0.717, 1.165) is 24.1 Å². The minimum absolute atomic E-state index is 0.164. The Hall–Kier alpha value is -3.95. The van der Waals surface area contributed by atoms with E-state index in [1.165, 1.54) is 16.7 Å². The smallest absolute Gasteiger partial charge is 0.282 e. The topological polar surface area (TPSA) is 135 Å². The standard InChI is InChI=1S/C24H24N6O3/c25-9-2-10-26-14-16-5-7-18(8-6-16)21-15-30-22(31)13-20(27-24(30)28-23(21)32)12-17-3-1-4-19(11-17)29-33/h1,3-8,11,13,15,26H,2,9-10,12,14,25H2,(H,27,28,32). The van der Waals surface area contributed by atoms with Crippen molar-refractivity contribution < 1.29 is 0 Å². The van der Waals surface area contributed by atoms with Crippen molar-refractivity contribution in [1.29, 1.82) is 0 Å². The van der Waals surface area contributed by atoms with Crippen LogP contribution >= 0.6 is 0 Å². The third-order valence-electron chi connectivity index (χ3n) is 5.29. The number of fused-ring (bicyclic) bond motifs is 1. The number of hydrogen-bond acceptors (Lipinski definition) is 7. The van der Waals surface area contributed by atoms with Gasteiger partial charge in [0.25, 0.3) is 11.1 Å². The molecular weight excluding hydrogens is 420 g/mol. The number of nitrogens with zero attached hydrogens (tertiary/aromatic N) is 3. The lowest BCUT2D eigenvalue weighted by Gasteiger charge is -2.08. The molecule has 0 saturated heterocycles. The summed E-state index contributed by atoms with van der Waals surface area (Å²) in [4.78, 5) is 43.4. The number of benzene rings is 2. The lowest BCUT2D eigenvalue weighted by Crippen LogP contribution is -2.22. The highest BCUT2D eigenvalue weighted by Gasteiger charge is 2.10. The van der Waals surface area contributed by atoms with Gasteiger partial charge in [-0.15, -0.1) is 4.91 Å². The molecule has 168 valence electrons. The van der Waals surface area contributed by atoms with Gasteiger partial charge >= 0.3 is 0 Å². The van der Waals surface area contributed by atoms with E-state index in [4.69, 9.17) is 5.73 Å². The summed E-state index contributed by atoms with van der Waals surface area (Å²) in [5.74, 6) is 0.164. The molecular formula is C24H24N6O3. The van der Waals surface area contributed by atoms with E-state index in [-0.39, 0.29) is 11.3 Å². The van der Waals surface area contributed by atoms with Gasteiger partial charge in [0, 0.05) is 30.9 Å². The lowest BCUT2D eigenvalue weighted by atomic mass is 10.1. The van der Waals surface area contributed by atoms with E-state index in [2.05, 4.69) is 20.5 Å². The predicted molar refractivity (Wildman–Crippen MR) is 128 cm³/mol. The summed E-state index contributed by atoms with van der Waals surface area (Å²) in [5.41, 5.74) is 8.58. The van der Waals surface area contributed by atoms with Crippen LogP contribution in [0.3, 0.4) is 0 Å². The first-order valence-electron chi connectivity index (χ1n) is 10.7. The first kappa shape index (κ1) is 22.3. The monoisotopic (exact) mass is 444 g/mol. The summed E-state index contributed by atoms with van der Waals surface area (Å²) in [6.45, 7) is 2.21. The molecule has 4 N–H and O–H groups in total. The lowest BCUT2D eigenvalue weighted by molar-refractivity contribution is 0.655. The van der Waals surface area contributed by atoms with Gasteiger partial charge in [-0.3, -0.25) is 14.0 Å². The molecule has 0 spiro atoms. The zero-order valence-electron chi connectivity index (χ0n) is 18.0. The Morgan fingerprint density at radius 1 is 1.06 bits per heavy atom. The predicted octanol–water partition coefficient (Wildman–Crippen LogP) is 2.48. The Kier molecular flexibility index (Phi) is 6.82. The minimum Gasteiger partial charge on any atom is -0.330 e. The molecule has 33 heavy (non-hydrogen) atoms. The van der Waals surface area contributed by atoms with Crippen molar-refractivity contribution in [3.63, 3.8) is 0 Å². The number of nitroso groups, excluding NO2 is 1. The molecule has 0 aliphatic heterocycles. The third kappa shape index (κ3) is 5.28. The number of hydrogen-bond donors (Lipinski definition) is 3. The molecule has 0 bridgehead atoms. The first-order valence-corrected chi connectivity index (χ1v) is 10.7.